The van der Waals surface area contributed by atoms with Crippen LogP contribution >= 0.6 is 0 Å². The molecule has 3 nitrogen and oxygen atoms in total. The van der Waals surface area contributed by atoms with Crippen molar-refractivity contribution in [3.05, 3.63) is 35.9 Å². The molecule has 0 unspecified atom stereocenters. The van der Waals surface area contributed by atoms with Gasteiger partial charge in [0.05, 0.1) is 0 Å². The molecule has 1 saturated heterocycles. The van der Waals surface area contributed by atoms with Crippen LogP contribution in [0.4, 0.5) is 0 Å². The van der Waals surface area contributed by atoms with Crippen molar-refractivity contribution in [2.45, 2.75) is 12.5 Å². The third-order valence-electron chi connectivity index (χ3n) is 3.19. The summed E-state index contributed by atoms with van der Waals surface area (Å²) in [5.74, 6) is 0. The molecule has 1 heterocycles. The van der Waals surface area contributed by atoms with Gasteiger partial charge in [-0.15, -0.1) is 0 Å². The summed E-state index contributed by atoms with van der Waals surface area (Å²) in [6.07, 6.45) is 1.05. The second-order valence-corrected chi connectivity index (χ2v) is 4.40. The van der Waals surface area contributed by atoms with Crippen LogP contribution in [0.2, 0.25) is 0 Å². The molecule has 1 aliphatic heterocycles. The molecule has 16 heavy (non-hydrogen) atoms. The number of nitrogens with one attached hydrogen (secondary N) is 1. The molecule has 1 atom stereocenters. The Bertz CT molecular complexity index is 293. The molecule has 3 heteroatoms. The van der Waals surface area contributed by atoms with E-state index in [0.717, 1.165) is 39.1 Å². The molecule has 0 amide bonds. The van der Waals surface area contributed by atoms with Crippen molar-refractivity contribution in [2.75, 3.05) is 32.7 Å². The van der Waals surface area contributed by atoms with Crippen LogP contribution in [-0.2, 0) is 0 Å². The fourth-order valence-electron chi connectivity index (χ4n) is 2.12. The van der Waals surface area contributed by atoms with E-state index in [1.165, 1.54) is 5.56 Å². The summed E-state index contributed by atoms with van der Waals surface area (Å²) in [6, 6.07) is 10.5. The van der Waals surface area contributed by atoms with Crippen LogP contribution in [0.5, 0.6) is 0 Å². The first kappa shape index (κ1) is 11.6. The minimum Gasteiger partial charge on any atom is -0.324 e. The van der Waals surface area contributed by atoms with E-state index in [4.69, 9.17) is 5.73 Å². The number of hydrogen-bond donors (Lipinski definition) is 2. The lowest BCUT2D eigenvalue weighted by Crippen LogP contribution is -2.44. The van der Waals surface area contributed by atoms with Crippen molar-refractivity contribution < 1.29 is 0 Å². The molecule has 0 radical (unpaired) electrons. The Morgan fingerprint density at radius 2 is 1.88 bits per heavy atom. The second-order valence-electron chi connectivity index (χ2n) is 4.40. The second kappa shape index (κ2) is 5.99. The zero-order valence-electron chi connectivity index (χ0n) is 9.73. The fourth-order valence-corrected chi connectivity index (χ4v) is 2.12. The maximum atomic E-state index is 6.17. The van der Waals surface area contributed by atoms with Gasteiger partial charge in [0.1, 0.15) is 0 Å². The van der Waals surface area contributed by atoms with Crippen molar-refractivity contribution >= 4 is 0 Å². The normalized spacial score (nSPS) is 19.6. The molecule has 1 aliphatic rings. The first-order valence-electron chi connectivity index (χ1n) is 6.10. The molecule has 1 aromatic rings. The largest absolute Gasteiger partial charge is 0.324 e. The lowest BCUT2D eigenvalue weighted by molar-refractivity contribution is 0.233. The highest BCUT2D eigenvalue weighted by Crippen LogP contribution is 2.13. The molecule has 2 rings (SSSR count). The van der Waals surface area contributed by atoms with Crippen LogP contribution in [0.25, 0.3) is 0 Å². The van der Waals surface area contributed by atoms with E-state index in [2.05, 4.69) is 34.5 Å². The Morgan fingerprint density at radius 1 is 1.19 bits per heavy atom. The number of rotatable bonds is 4. The third kappa shape index (κ3) is 3.30. The Morgan fingerprint density at radius 3 is 2.56 bits per heavy atom. The number of benzene rings is 1. The number of hydrogen-bond acceptors (Lipinski definition) is 3. The van der Waals surface area contributed by atoms with E-state index >= 15 is 0 Å². The third-order valence-corrected chi connectivity index (χ3v) is 3.19. The molecule has 0 aliphatic carbocycles. The highest BCUT2D eigenvalue weighted by molar-refractivity contribution is 5.18. The van der Waals surface area contributed by atoms with Gasteiger partial charge < -0.3 is 16.0 Å². The summed E-state index contributed by atoms with van der Waals surface area (Å²) in [6.45, 7) is 5.64. The van der Waals surface area contributed by atoms with Gasteiger partial charge in [0.2, 0.25) is 0 Å². The van der Waals surface area contributed by atoms with Crippen LogP contribution in [0.1, 0.15) is 18.0 Å². The maximum absolute atomic E-state index is 6.17. The van der Waals surface area contributed by atoms with Crippen molar-refractivity contribution in [3.63, 3.8) is 0 Å². The Kier molecular flexibility index (Phi) is 4.34. The van der Waals surface area contributed by atoms with Crippen molar-refractivity contribution in [3.8, 4) is 0 Å². The molecule has 0 saturated carbocycles. The van der Waals surface area contributed by atoms with Gasteiger partial charge in [-0.05, 0) is 12.0 Å². The highest BCUT2D eigenvalue weighted by Gasteiger charge is 2.11. The summed E-state index contributed by atoms with van der Waals surface area (Å²) in [5, 5.41) is 3.36. The van der Waals surface area contributed by atoms with Crippen LogP contribution in [-0.4, -0.2) is 37.6 Å². The molecule has 1 fully saturated rings. The molecule has 3 N–H and O–H groups in total. The molecule has 0 aromatic heterocycles. The predicted octanol–water partition coefficient (Wildman–Crippen LogP) is 0.982. The summed E-state index contributed by atoms with van der Waals surface area (Å²) in [5.41, 5.74) is 7.42. The highest BCUT2D eigenvalue weighted by atomic mass is 15.2. The molecule has 88 valence electrons. The van der Waals surface area contributed by atoms with Gasteiger partial charge >= 0.3 is 0 Å². The van der Waals surface area contributed by atoms with Crippen molar-refractivity contribution in [1.82, 2.24) is 10.2 Å². The minimum absolute atomic E-state index is 0.177. The minimum atomic E-state index is 0.177. The van der Waals surface area contributed by atoms with E-state index < -0.39 is 0 Å². The maximum Gasteiger partial charge on any atom is 0.0307 e. The van der Waals surface area contributed by atoms with Crippen LogP contribution in [0.15, 0.2) is 30.3 Å². The summed E-state index contributed by atoms with van der Waals surface area (Å²) >= 11 is 0. The fraction of sp³-hybridized carbons (Fsp3) is 0.538. The zero-order chi connectivity index (χ0) is 11.2. The quantitative estimate of drug-likeness (QED) is 0.793. The van der Waals surface area contributed by atoms with Gasteiger partial charge in [0, 0.05) is 38.8 Å². The Labute approximate surface area is 97.6 Å². The van der Waals surface area contributed by atoms with Gasteiger partial charge in [0.15, 0.2) is 0 Å². The average molecular weight is 219 g/mol. The van der Waals surface area contributed by atoms with Gasteiger partial charge in [-0.2, -0.15) is 0 Å². The number of nitrogens with two attached hydrogens (primary N) is 1. The zero-order valence-corrected chi connectivity index (χ0v) is 9.73. The first-order valence-corrected chi connectivity index (χ1v) is 6.10. The van der Waals surface area contributed by atoms with Gasteiger partial charge in [-0.1, -0.05) is 30.3 Å². The first-order chi connectivity index (χ1) is 7.86. The lowest BCUT2D eigenvalue weighted by atomic mass is 10.0. The van der Waals surface area contributed by atoms with E-state index in [0.29, 0.717) is 0 Å². The lowest BCUT2D eigenvalue weighted by Gasteiger charge is -2.28. The van der Waals surface area contributed by atoms with Crippen LogP contribution in [0.3, 0.4) is 0 Å². The SMILES string of the molecule is N[C@H](CCN1CCNCC1)c1ccccc1. The van der Waals surface area contributed by atoms with Crippen molar-refractivity contribution in [1.29, 1.82) is 0 Å². The van der Waals surface area contributed by atoms with Crippen LogP contribution in [0, 0.1) is 0 Å². The summed E-state index contributed by atoms with van der Waals surface area (Å²) < 4.78 is 0. The predicted molar refractivity (Wildman–Crippen MR) is 67.3 cm³/mol. The van der Waals surface area contributed by atoms with Gasteiger partial charge in [-0.25, -0.2) is 0 Å². The number of nitrogens with zero attached hydrogens (tertiary/aromatic N) is 1. The summed E-state index contributed by atoms with van der Waals surface area (Å²) in [7, 11) is 0. The van der Waals surface area contributed by atoms with Gasteiger partial charge in [-0.3, -0.25) is 0 Å². The van der Waals surface area contributed by atoms with E-state index in [1.54, 1.807) is 0 Å². The van der Waals surface area contributed by atoms with E-state index in [1.807, 2.05) is 6.07 Å². The van der Waals surface area contributed by atoms with Crippen LogP contribution < -0.4 is 11.1 Å². The molecular weight excluding hydrogens is 198 g/mol. The number of piperazine rings is 1. The van der Waals surface area contributed by atoms with E-state index in [-0.39, 0.29) is 6.04 Å². The Balaban J connectivity index is 1.77. The van der Waals surface area contributed by atoms with Gasteiger partial charge in [0.25, 0.3) is 0 Å². The molecule has 0 bridgehead atoms. The summed E-state index contributed by atoms with van der Waals surface area (Å²) in [4.78, 5) is 2.49. The topological polar surface area (TPSA) is 41.3 Å². The molecule has 1 aromatic carbocycles. The van der Waals surface area contributed by atoms with Crippen molar-refractivity contribution in [2.24, 2.45) is 5.73 Å². The smallest absolute Gasteiger partial charge is 0.0307 e. The standard InChI is InChI=1S/C13H21N3/c14-13(12-4-2-1-3-5-12)6-9-16-10-7-15-8-11-16/h1-5,13,15H,6-11,14H2/t13-/m1/s1. The monoisotopic (exact) mass is 219 g/mol. The Hall–Kier alpha value is -0.900. The van der Waals surface area contributed by atoms with E-state index in [9.17, 15) is 0 Å². The molecular formula is C13H21N3. The average Bonchev–Trinajstić information content (AvgIpc) is 2.38. The molecule has 0 spiro atoms.